The maximum atomic E-state index is 11.6. The Kier molecular flexibility index (Phi) is 4.73. The molecule has 2 amide bonds. The molecule has 0 bridgehead atoms. The topological polar surface area (TPSA) is 52.6 Å². The number of nitrogens with one attached hydrogen (secondary N) is 1. The molecule has 14 heavy (non-hydrogen) atoms. The molecule has 0 aromatic carbocycles. The van der Waals surface area contributed by atoms with Crippen molar-refractivity contribution in [2.45, 2.75) is 38.6 Å². The number of hydrogen-bond acceptors (Lipinski definition) is 2. The second kappa shape index (κ2) is 5.86. The van der Waals surface area contributed by atoms with Crippen molar-refractivity contribution in [3.63, 3.8) is 0 Å². The Morgan fingerprint density at radius 1 is 1.43 bits per heavy atom. The molecule has 4 nitrogen and oxygen atoms in total. The number of urea groups is 1. The number of hydrogen-bond donors (Lipinski definition) is 2. The number of aliphatic hydroxyl groups excluding tert-OH is 1. The van der Waals surface area contributed by atoms with Crippen LogP contribution in [-0.4, -0.2) is 41.8 Å². The number of piperidine rings is 1. The number of carbonyl (C=O) groups is 1. The third-order valence-electron chi connectivity index (χ3n) is 2.68. The van der Waals surface area contributed by atoms with Gasteiger partial charge >= 0.3 is 6.03 Å². The molecule has 0 spiro atoms. The summed E-state index contributed by atoms with van der Waals surface area (Å²) in [5.41, 5.74) is 0. The molecule has 0 aromatic rings. The molecule has 0 saturated carbocycles. The van der Waals surface area contributed by atoms with E-state index in [1.165, 1.54) is 6.42 Å². The molecule has 1 saturated heterocycles. The van der Waals surface area contributed by atoms with E-state index in [1.807, 2.05) is 11.8 Å². The minimum atomic E-state index is -0.0931. The average molecular weight is 200 g/mol. The van der Waals surface area contributed by atoms with Gasteiger partial charge in [-0.25, -0.2) is 4.79 Å². The standard InChI is InChI=1S/C10H20N2O2/c1-2-9(8-13)11-10(14)12-6-4-3-5-7-12/h9,13H,2-8H2,1H3,(H,11,14)/t9-/m1/s1. The summed E-state index contributed by atoms with van der Waals surface area (Å²) in [6.45, 7) is 3.69. The molecule has 82 valence electrons. The molecule has 4 heteroatoms. The van der Waals surface area contributed by atoms with Crippen molar-refractivity contribution in [3.05, 3.63) is 0 Å². The first-order valence-electron chi connectivity index (χ1n) is 5.44. The lowest BCUT2D eigenvalue weighted by Gasteiger charge is -2.28. The van der Waals surface area contributed by atoms with Crippen molar-refractivity contribution in [2.24, 2.45) is 0 Å². The van der Waals surface area contributed by atoms with Crippen molar-refractivity contribution in [3.8, 4) is 0 Å². The first-order valence-corrected chi connectivity index (χ1v) is 5.44. The SMILES string of the molecule is CC[C@H](CO)NC(=O)N1CCCCC1. The zero-order chi connectivity index (χ0) is 10.4. The minimum Gasteiger partial charge on any atom is -0.394 e. The molecule has 1 fully saturated rings. The van der Waals surface area contributed by atoms with Crippen LogP contribution in [0.3, 0.4) is 0 Å². The van der Waals surface area contributed by atoms with E-state index < -0.39 is 0 Å². The number of aliphatic hydroxyl groups is 1. The van der Waals surface area contributed by atoms with Crippen LogP contribution in [0.5, 0.6) is 0 Å². The van der Waals surface area contributed by atoms with Crippen molar-refractivity contribution >= 4 is 6.03 Å². The Balaban J connectivity index is 2.32. The summed E-state index contributed by atoms with van der Waals surface area (Å²) in [5.74, 6) is 0. The maximum absolute atomic E-state index is 11.6. The van der Waals surface area contributed by atoms with E-state index in [-0.39, 0.29) is 18.7 Å². The summed E-state index contributed by atoms with van der Waals surface area (Å²) >= 11 is 0. The van der Waals surface area contributed by atoms with E-state index in [0.29, 0.717) is 0 Å². The predicted octanol–water partition coefficient (Wildman–Crippen LogP) is 0.953. The second-order valence-corrected chi connectivity index (χ2v) is 3.78. The van der Waals surface area contributed by atoms with Crippen LogP contribution in [0.25, 0.3) is 0 Å². The third-order valence-corrected chi connectivity index (χ3v) is 2.68. The highest BCUT2D eigenvalue weighted by Gasteiger charge is 2.18. The highest BCUT2D eigenvalue weighted by atomic mass is 16.3. The molecule has 1 heterocycles. The zero-order valence-corrected chi connectivity index (χ0v) is 8.83. The summed E-state index contributed by atoms with van der Waals surface area (Å²) in [7, 11) is 0. The van der Waals surface area contributed by atoms with E-state index in [1.54, 1.807) is 0 Å². The van der Waals surface area contributed by atoms with Gasteiger partial charge in [-0.2, -0.15) is 0 Å². The van der Waals surface area contributed by atoms with Gasteiger partial charge in [0.2, 0.25) is 0 Å². The molecular formula is C10H20N2O2. The molecule has 1 aliphatic rings. The quantitative estimate of drug-likeness (QED) is 0.712. The molecular weight excluding hydrogens is 180 g/mol. The summed E-state index contributed by atoms with van der Waals surface area (Å²) in [5, 5.41) is 11.8. The van der Waals surface area contributed by atoms with Crippen LogP contribution in [0.4, 0.5) is 4.79 Å². The smallest absolute Gasteiger partial charge is 0.317 e. The molecule has 0 aliphatic carbocycles. The Morgan fingerprint density at radius 3 is 2.57 bits per heavy atom. The minimum absolute atomic E-state index is 0.0226. The van der Waals surface area contributed by atoms with Gasteiger partial charge in [0.05, 0.1) is 12.6 Å². The van der Waals surface area contributed by atoms with Gasteiger partial charge in [-0.05, 0) is 25.7 Å². The molecule has 0 radical (unpaired) electrons. The van der Waals surface area contributed by atoms with Crippen LogP contribution in [0.2, 0.25) is 0 Å². The number of rotatable bonds is 3. The summed E-state index contributed by atoms with van der Waals surface area (Å²) < 4.78 is 0. The van der Waals surface area contributed by atoms with Crippen molar-refractivity contribution < 1.29 is 9.90 Å². The number of amides is 2. The van der Waals surface area contributed by atoms with Crippen LogP contribution >= 0.6 is 0 Å². The number of likely N-dealkylation sites (tertiary alicyclic amines) is 1. The van der Waals surface area contributed by atoms with E-state index in [2.05, 4.69) is 5.32 Å². The Labute approximate surface area is 85.3 Å². The predicted molar refractivity (Wildman–Crippen MR) is 55.1 cm³/mol. The number of carbonyl (C=O) groups excluding carboxylic acids is 1. The number of nitrogens with zero attached hydrogens (tertiary/aromatic N) is 1. The van der Waals surface area contributed by atoms with E-state index >= 15 is 0 Å². The summed E-state index contributed by atoms with van der Waals surface area (Å²) in [6, 6.07) is -0.116. The highest BCUT2D eigenvalue weighted by molar-refractivity contribution is 5.74. The normalized spacial score (nSPS) is 19.1. The van der Waals surface area contributed by atoms with Crippen LogP contribution < -0.4 is 5.32 Å². The fourth-order valence-electron chi connectivity index (χ4n) is 1.64. The van der Waals surface area contributed by atoms with E-state index in [9.17, 15) is 4.79 Å². The zero-order valence-electron chi connectivity index (χ0n) is 8.83. The summed E-state index contributed by atoms with van der Waals surface area (Å²) in [6.07, 6.45) is 4.20. The molecule has 1 aliphatic heterocycles. The first-order chi connectivity index (χ1) is 6.77. The van der Waals surface area contributed by atoms with Gasteiger partial charge in [-0.3, -0.25) is 0 Å². The van der Waals surface area contributed by atoms with Gasteiger partial charge < -0.3 is 15.3 Å². The van der Waals surface area contributed by atoms with Gasteiger partial charge in [-0.15, -0.1) is 0 Å². The Hall–Kier alpha value is -0.770. The first kappa shape index (κ1) is 11.3. The molecule has 1 atom stereocenters. The lowest BCUT2D eigenvalue weighted by Crippen LogP contribution is -2.47. The Bertz CT molecular complexity index is 175. The highest BCUT2D eigenvalue weighted by Crippen LogP contribution is 2.08. The third kappa shape index (κ3) is 3.18. The summed E-state index contributed by atoms with van der Waals surface area (Å²) in [4.78, 5) is 13.5. The molecule has 2 N–H and O–H groups in total. The van der Waals surface area contributed by atoms with Gasteiger partial charge in [0.1, 0.15) is 0 Å². The van der Waals surface area contributed by atoms with Crippen molar-refractivity contribution in [1.29, 1.82) is 0 Å². The van der Waals surface area contributed by atoms with Crippen LogP contribution in [0.1, 0.15) is 32.6 Å². The van der Waals surface area contributed by atoms with Crippen molar-refractivity contribution in [1.82, 2.24) is 10.2 Å². The lowest BCUT2D eigenvalue weighted by molar-refractivity contribution is 0.171. The molecule has 1 rings (SSSR count). The largest absolute Gasteiger partial charge is 0.394 e. The van der Waals surface area contributed by atoms with Crippen LogP contribution in [-0.2, 0) is 0 Å². The van der Waals surface area contributed by atoms with Crippen molar-refractivity contribution in [2.75, 3.05) is 19.7 Å². The van der Waals surface area contributed by atoms with Gasteiger partial charge in [0, 0.05) is 13.1 Å². The van der Waals surface area contributed by atoms with Gasteiger partial charge in [0.15, 0.2) is 0 Å². The van der Waals surface area contributed by atoms with Gasteiger partial charge in [-0.1, -0.05) is 6.92 Å². The van der Waals surface area contributed by atoms with Crippen LogP contribution in [0, 0.1) is 0 Å². The Morgan fingerprint density at radius 2 is 2.07 bits per heavy atom. The van der Waals surface area contributed by atoms with Gasteiger partial charge in [0.25, 0.3) is 0 Å². The maximum Gasteiger partial charge on any atom is 0.317 e. The monoisotopic (exact) mass is 200 g/mol. The fourth-order valence-corrected chi connectivity index (χ4v) is 1.64. The fraction of sp³-hybridized carbons (Fsp3) is 0.900. The second-order valence-electron chi connectivity index (χ2n) is 3.78. The molecule has 0 unspecified atom stereocenters. The lowest BCUT2D eigenvalue weighted by atomic mass is 10.1. The molecule has 0 aromatic heterocycles. The van der Waals surface area contributed by atoms with E-state index in [4.69, 9.17) is 5.11 Å². The van der Waals surface area contributed by atoms with E-state index in [0.717, 1.165) is 32.4 Å². The van der Waals surface area contributed by atoms with Crippen LogP contribution in [0.15, 0.2) is 0 Å². The average Bonchev–Trinajstić information content (AvgIpc) is 2.26.